The monoisotopic (exact) mass is 341 g/mol. The zero-order valence-electron chi connectivity index (χ0n) is 14.8. The lowest BCUT2D eigenvalue weighted by Gasteiger charge is -2.25. The molecule has 1 saturated heterocycles. The molecule has 1 aliphatic rings. The van der Waals surface area contributed by atoms with Crippen LogP contribution in [0.15, 0.2) is 18.3 Å². The van der Waals surface area contributed by atoms with E-state index in [1.165, 1.54) is 6.92 Å². The number of carbonyl (C=O) groups excluding carboxylic acids is 2. The predicted octanol–water partition coefficient (Wildman–Crippen LogP) is 2.02. The Balaban J connectivity index is 1.68. The number of aromatic amines is 1. The zero-order valence-corrected chi connectivity index (χ0v) is 14.8. The van der Waals surface area contributed by atoms with Gasteiger partial charge in [0, 0.05) is 36.6 Å². The molecule has 2 aromatic heterocycles. The first-order valence-electron chi connectivity index (χ1n) is 8.51. The SMILES string of the molecule is CC(=O)c1c(C)[nH]c(C(=O)NC[C@H]2CCCN2c2cccnn2)c1C. The maximum absolute atomic E-state index is 12.6. The van der Waals surface area contributed by atoms with Crippen molar-refractivity contribution in [3.8, 4) is 0 Å². The van der Waals surface area contributed by atoms with Gasteiger partial charge < -0.3 is 15.2 Å². The fraction of sp³-hybridized carbons (Fsp3) is 0.444. The van der Waals surface area contributed by atoms with Crippen LogP contribution in [-0.2, 0) is 0 Å². The molecule has 3 heterocycles. The van der Waals surface area contributed by atoms with Gasteiger partial charge in [-0.2, -0.15) is 5.10 Å². The molecule has 1 aliphatic heterocycles. The molecule has 2 N–H and O–H groups in total. The molecular weight excluding hydrogens is 318 g/mol. The van der Waals surface area contributed by atoms with Crippen molar-refractivity contribution in [2.45, 2.75) is 39.7 Å². The predicted molar refractivity (Wildman–Crippen MR) is 95.0 cm³/mol. The van der Waals surface area contributed by atoms with Crippen LogP contribution in [0, 0.1) is 13.8 Å². The number of anilines is 1. The highest BCUT2D eigenvalue weighted by Crippen LogP contribution is 2.23. The molecule has 0 radical (unpaired) electrons. The highest BCUT2D eigenvalue weighted by Gasteiger charge is 2.27. The zero-order chi connectivity index (χ0) is 18.0. The summed E-state index contributed by atoms with van der Waals surface area (Å²) in [6, 6.07) is 4.00. The van der Waals surface area contributed by atoms with Gasteiger partial charge in [-0.1, -0.05) is 0 Å². The van der Waals surface area contributed by atoms with Crippen LogP contribution in [0.4, 0.5) is 5.82 Å². The van der Waals surface area contributed by atoms with Gasteiger partial charge in [-0.05, 0) is 51.3 Å². The van der Waals surface area contributed by atoms with Crippen LogP contribution in [0.2, 0.25) is 0 Å². The normalized spacial score (nSPS) is 16.9. The lowest BCUT2D eigenvalue weighted by Crippen LogP contribution is -2.40. The minimum Gasteiger partial charge on any atom is -0.354 e. The third-order valence-corrected chi connectivity index (χ3v) is 4.74. The summed E-state index contributed by atoms with van der Waals surface area (Å²) in [5.74, 6) is 0.624. The van der Waals surface area contributed by atoms with E-state index in [4.69, 9.17) is 0 Å². The Morgan fingerprint density at radius 2 is 2.20 bits per heavy atom. The number of ketones is 1. The number of amides is 1. The van der Waals surface area contributed by atoms with E-state index >= 15 is 0 Å². The summed E-state index contributed by atoms with van der Waals surface area (Å²) >= 11 is 0. The van der Waals surface area contributed by atoms with Gasteiger partial charge in [-0.15, -0.1) is 5.10 Å². The van der Waals surface area contributed by atoms with Crippen LogP contribution >= 0.6 is 0 Å². The number of rotatable bonds is 5. The molecule has 1 fully saturated rings. The summed E-state index contributed by atoms with van der Waals surface area (Å²) in [7, 11) is 0. The maximum Gasteiger partial charge on any atom is 0.268 e. The molecule has 0 unspecified atom stereocenters. The maximum atomic E-state index is 12.6. The number of hydrogen-bond donors (Lipinski definition) is 2. The molecule has 0 bridgehead atoms. The van der Waals surface area contributed by atoms with Gasteiger partial charge in [0.05, 0.1) is 0 Å². The lowest BCUT2D eigenvalue weighted by molar-refractivity contribution is 0.0946. The molecule has 7 nitrogen and oxygen atoms in total. The topological polar surface area (TPSA) is 91.0 Å². The Hall–Kier alpha value is -2.70. The van der Waals surface area contributed by atoms with E-state index in [0.717, 1.165) is 30.9 Å². The summed E-state index contributed by atoms with van der Waals surface area (Å²) in [5, 5.41) is 11.1. The first-order valence-corrected chi connectivity index (χ1v) is 8.51. The van der Waals surface area contributed by atoms with E-state index < -0.39 is 0 Å². The van der Waals surface area contributed by atoms with Crippen molar-refractivity contribution in [2.24, 2.45) is 0 Å². The van der Waals surface area contributed by atoms with Crippen molar-refractivity contribution in [1.29, 1.82) is 0 Å². The minimum atomic E-state index is -0.181. The van der Waals surface area contributed by atoms with Gasteiger partial charge in [0.1, 0.15) is 5.69 Å². The fourth-order valence-electron chi connectivity index (χ4n) is 3.60. The quantitative estimate of drug-likeness (QED) is 0.812. The number of hydrogen-bond acceptors (Lipinski definition) is 5. The second-order valence-electron chi connectivity index (χ2n) is 6.46. The van der Waals surface area contributed by atoms with Crippen LogP contribution in [0.1, 0.15) is 51.9 Å². The smallest absolute Gasteiger partial charge is 0.268 e. The molecule has 25 heavy (non-hydrogen) atoms. The van der Waals surface area contributed by atoms with E-state index in [1.54, 1.807) is 13.1 Å². The number of aryl methyl sites for hydroxylation is 1. The number of nitrogens with zero attached hydrogens (tertiary/aromatic N) is 3. The van der Waals surface area contributed by atoms with E-state index in [1.807, 2.05) is 19.1 Å². The Morgan fingerprint density at radius 1 is 1.40 bits per heavy atom. The number of aromatic nitrogens is 3. The minimum absolute atomic E-state index is 0.0325. The Kier molecular flexibility index (Phi) is 4.83. The van der Waals surface area contributed by atoms with Crippen molar-refractivity contribution < 1.29 is 9.59 Å². The summed E-state index contributed by atoms with van der Waals surface area (Å²) in [6.07, 6.45) is 3.71. The van der Waals surface area contributed by atoms with Crippen LogP contribution < -0.4 is 10.2 Å². The molecule has 1 amide bonds. The second kappa shape index (κ2) is 7.04. The van der Waals surface area contributed by atoms with Crippen LogP contribution in [0.25, 0.3) is 0 Å². The van der Waals surface area contributed by atoms with Crippen molar-refractivity contribution in [2.75, 3.05) is 18.0 Å². The summed E-state index contributed by atoms with van der Waals surface area (Å²) in [5.41, 5.74) is 2.51. The molecule has 0 aliphatic carbocycles. The average molecular weight is 341 g/mol. The summed E-state index contributed by atoms with van der Waals surface area (Å²) in [4.78, 5) is 29.5. The Labute approximate surface area is 146 Å². The van der Waals surface area contributed by atoms with Gasteiger partial charge >= 0.3 is 0 Å². The van der Waals surface area contributed by atoms with Gasteiger partial charge in [0.25, 0.3) is 5.91 Å². The number of carbonyl (C=O) groups is 2. The molecule has 0 saturated carbocycles. The van der Waals surface area contributed by atoms with Crippen molar-refractivity contribution >= 4 is 17.5 Å². The molecule has 0 spiro atoms. The first kappa shape index (κ1) is 17.1. The van der Waals surface area contributed by atoms with E-state index in [9.17, 15) is 9.59 Å². The van der Waals surface area contributed by atoms with Gasteiger partial charge in [-0.25, -0.2) is 0 Å². The number of nitrogens with one attached hydrogen (secondary N) is 2. The van der Waals surface area contributed by atoms with Crippen LogP contribution in [0.3, 0.4) is 0 Å². The third-order valence-electron chi connectivity index (χ3n) is 4.74. The summed E-state index contributed by atoms with van der Waals surface area (Å²) < 4.78 is 0. The highest BCUT2D eigenvalue weighted by molar-refractivity contribution is 6.02. The molecule has 2 aromatic rings. The molecule has 132 valence electrons. The van der Waals surface area contributed by atoms with E-state index in [0.29, 0.717) is 23.4 Å². The van der Waals surface area contributed by atoms with Crippen LogP contribution in [0.5, 0.6) is 0 Å². The van der Waals surface area contributed by atoms with E-state index in [2.05, 4.69) is 25.4 Å². The lowest BCUT2D eigenvalue weighted by atomic mass is 10.1. The highest BCUT2D eigenvalue weighted by atomic mass is 16.2. The number of Topliss-reactive ketones (excluding diaryl/α,β-unsaturated/α-hetero) is 1. The second-order valence-corrected chi connectivity index (χ2v) is 6.46. The Bertz CT molecular complexity index is 784. The van der Waals surface area contributed by atoms with Gasteiger partial charge in [0.2, 0.25) is 0 Å². The molecule has 0 aromatic carbocycles. The van der Waals surface area contributed by atoms with Crippen molar-refractivity contribution in [3.05, 3.63) is 40.8 Å². The van der Waals surface area contributed by atoms with E-state index in [-0.39, 0.29) is 17.7 Å². The fourth-order valence-corrected chi connectivity index (χ4v) is 3.60. The largest absolute Gasteiger partial charge is 0.354 e. The summed E-state index contributed by atoms with van der Waals surface area (Å²) in [6.45, 7) is 6.57. The van der Waals surface area contributed by atoms with Gasteiger partial charge in [-0.3, -0.25) is 9.59 Å². The molecular formula is C18H23N5O2. The van der Waals surface area contributed by atoms with Crippen molar-refractivity contribution in [3.63, 3.8) is 0 Å². The standard InChI is InChI=1S/C18H23N5O2/c1-11-16(13(3)24)12(2)21-17(11)18(25)19-10-14-6-5-9-23(14)15-7-4-8-20-22-15/h4,7-8,14,21H,5-6,9-10H2,1-3H3,(H,19,25)/t14-/m1/s1. The first-order chi connectivity index (χ1) is 12.0. The Morgan fingerprint density at radius 3 is 2.84 bits per heavy atom. The average Bonchev–Trinajstić information content (AvgIpc) is 3.17. The molecule has 3 rings (SSSR count). The molecule has 7 heteroatoms. The van der Waals surface area contributed by atoms with Gasteiger partial charge in [0.15, 0.2) is 11.6 Å². The molecule has 1 atom stereocenters. The van der Waals surface area contributed by atoms with Crippen LogP contribution in [-0.4, -0.2) is 46.0 Å². The number of H-pyrrole nitrogens is 1. The van der Waals surface area contributed by atoms with Crippen molar-refractivity contribution in [1.82, 2.24) is 20.5 Å². The third kappa shape index (κ3) is 3.40.